The van der Waals surface area contributed by atoms with Gasteiger partial charge in [-0.25, -0.2) is 4.99 Å². The number of rotatable bonds is 4. The van der Waals surface area contributed by atoms with Crippen molar-refractivity contribution in [3.05, 3.63) is 47.5 Å². The van der Waals surface area contributed by atoms with E-state index in [1.165, 1.54) is 0 Å². The molecule has 1 aromatic carbocycles. The maximum Gasteiger partial charge on any atom is 0.189 e. The number of nitriles is 1. The van der Waals surface area contributed by atoms with E-state index in [1.807, 2.05) is 19.1 Å². The van der Waals surface area contributed by atoms with Crippen LogP contribution < -0.4 is 11.1 Å². The summed E-state index contributed by atoms with van der Waals surface area (Å²) >= 11 is 0. The predicted molar refractivity (Wildman–Crippen MR) is 84.7 cm³/mol. The number of hydrogen-bond donors (Lipinski definition) is 2. The zero-order valence-electron chi connectivity index (χ0n) is 10.3. The highest BCUT2D eigenvalue weighted by atomic mass is 127. The molecule has 1 rings (SSSR count). The summed E-state index contributed by atoms with van der Waals surface area (Å²) in [5.74, 6) is 0.385. The Morgan fingerprint density at radius 2 is 2.28 bits per heavy atom. The first-order valence-corrected chi connectivity index (χ1v) is 5.29. The van der Waals surface area contributed by atoms with Gasteiger partial charge in [0.25, 0.3) is 0 Å². The molecule has 0 aliphatic heterocycles. The molecule has 0 aromatic heterocycles. The standard InChI is InChI=1S/C13H16N4.HI/c1-10(2)8-16-13(15)17-9-12-5-3-4-11(6-12)7-14;/h3-6H,1,8-9H2,2H3,(H3,15,16,17);1H. The smallest absolute Gasteiger partial charge is 0.189 e. The van der Waals surface area contributed by atoms with Crippen molar-refractivity contribution < 1.29 is 0 Å². The maximum absolute atomic E-state index is 8.75. The average molecular weight is 356 g/mol. The highest BCUT2D eigenvalue weighted by Gasteiger charge is 1.95. The molecule has 18 heavy (non-hydrogen) atoms. The zero-order valence-corrected chi connectivity index (χ0v) is 12.6. The summed E-state index contributed by atoms with van der Waals surface area (Å²) in [7, 11) is 0. The fourth-order valence-electron chi connectivity index (χ4n) is 1.21. The molecule has 5 heteroatoms. The maximum atomic E-state index is 8.75. The number of hydrogen-bond acceptors (Lipinski definition) is 2. The number of nitrogens with two attached hydrogens (primary N) is 1. The molecule has 0 radical (unpaired) electrons. The Balaban J connectivity index is 0.00000289. The average Bonchev–Trinajstić information content (AvgIpc) is 2.34. The quantitative estimate of drug-likeness (QED) is 0.376. The largest absolute Gasteiger partial charge is 0.370 e. The van der Waals surface area contributed by atoms with E-state index in [0.29, 0.717) is 24.6 Å². The SMILES string of the molecule is C=C(C)CNC(N)=NCc1cccc(C#N)c1.I. The molecule has 0 saturated heterocycles. The second-order valence-corrected chi connectivity index (χ2v) is 3.82. The van der Waals surface area contributed by atoms with E-state index in [9.17, 15) is 0 Å². The van der Waals surface area contributed by atoms with Gasteiger partial charge in [0.05, 0.1) is 18.2 Å². The zero-order chi connectivity index (χ0) is 12.7. The lowest BCUT2D eigenvalue weighted by Gasteiger charge is -2.04. The van der Waals surface area contributed by atoms with Crippen molar-refractivity contribution >= 4 is 29.9 Å². The van der Waals surface area contributed by atoms with Gasteiger partial charge in [-0.2, -0.15) is 5.26 Å². The van der Waals surface area contributed by atoms with Crippen LogP contribution >= 0.6 is 24.0 Å². The molecule has 0 saturated carbocycles. The molecule has 1 aromatic rings. The van der Waals surface area contributed by atoms with Crippen molar-refractivity contribution in [2.45, 2.75) is 13.5 Å². The van der Waals surface area contributed by atoms with Crippen LogP contribution in [0.2, 0.25) is 0 Å². The molecule has 3 N–H and O–H groups in total. The van der Waals surface area contributed by atoms with Crippen LogP contribution in [0.1, 0.15) is 18.1 Å². The van der Waals surface area contributed by atoms with Crippen LogP contribution in [-0.2, 0) is 6.54 Å². The number of benzene rings is 1. The fraction of sp³-hybridized carbons (Fsp3) is 0.231. The first-order valence-electron chi connectivity index (χ1n) is 5.29. The molecule has 0 amide bonds. The van der Waals surface area contributed by atoms with Crippen molar-refractivity contribution in [3.63, 3.8) is 0 Å². The Hall–Kier alpha value is -1.55. The van der Waals surface area contributed by atoms with Gasteiger partial charge in [-0.15, -0.1) is 24.0 Å². The normalized spacial score (nSPS) is 10.1. The van der Waals surface area contributed by atoms with Gasteiger partial charge in [0.1, 0.15) is 0 Å². The van der Waals surface area contributed by atoms with Crippen molar-refractivity contribution in [2.24, 2.45) is 10.7 Å². The monoisotopic (exact) mass is 356 g/mol. The van der Waals surface area contributed by atoms with Gasteiger partial charge in [0.15, 0.2) is 5.96 Å². The minimum Gasteiger partial charge on any atom is -0.370 e. The highest BCUT2D eigenvalue weighted by Crippen LogP contribution is 2.05. The lowest BCUT2D eigenvalue weighted by Crippen LogP contribution is -2.32. The summed E-state index contributed by atoms with van der Waals surface area (Å²) in [6, 6.07) is 9.40. The van der Waals surface area contributed by atoms with E-state index < -0.39 is 0 Å². The van der Waals surface area contributed by atoms with Gasteiger partial charge in [-0.3, -0.25) is 0 Å². The minimum absolute atomic E-state index is 0. The van der Waals surface area contributed by atoms with Crippen LogP contribution in [-0.4, -0.2) is 12.5 Å². The van der Waals surface area contributed by atoms with Gasteiger partial charge in [0, 0.05) is 6.54 Å². The van der Waals surface area contributed by atoms with Gasteiger partial charge >= 0.3 is 0 Å². The summed E-state index contributed by atoms with van der Waals surface area (Å²) < 4.78 is 0. The molecule has 96 valence electrons. The summed E-state index contributed by atoms with van der Waals surface area (Å²) in [6.07, 6.45) is 0. The van der Waals surface area contributed by atoms with Crippen molar-refractivity contribution in [2.75, 3.05) is 6.54 Å². The van der Waals surface area contributed by atoms with E-state index >= 15 is 0 Å². The van der Waals surface area contributed by atoms with E-state index in [0.717, 1.165) is 11.1 Å². The molecular weight excluding hydrogens is 339 g/mol. The summed E-state index contributed by atoms with van der Waals surface area (Å²) in [5.41, 5.74) is 8.26. The molecule has 0 aliphatic carbocycles. The third-order valence-electron chi connectivity index (χ3n) is 2.06. The molecule has 0 atom stereocenters. The van der Waals surface area contributed by atoms with Gasteiger partial charge in [0.2, 0.25) is 0 Å². The van der Waals surface area contributed by atoms with Gasteiger partial charge in [-0.1, -0.05) is 24.3 Å². The Morgan fingerprint density at radius 1 is 1.56 bits per heavy atom. The first-order chi connectivity index (χ1) is 8.11. The summed E-state index contributed by atoms with van der Waals surface area (Å²) in [6.45, 7) is 6.75. The second kappa shape index (κ2) is 8.53. The molecule has 0 heterocycles. The van der Waals surface area contributed by atoms with E-state index in [2.05, 4.69) is 23.0 Å². The fourth-order valence-corrected chi connectivity index (χ4v) is 1.21. The van der Waals surface area contributed by atoms with E-state index in [4.69, 9.17) is 11.0 Å². The predicted octanol–water partition coefficient (Wildman–Crippen LogP) is 2.16. The number of guanidine groups is 1. The summed E-state index contributed by atoms with van der Waals surface area (Å²) in [5, 5.41) is 11.7. The summed E-state index contributed by atoms with van der Waals surface area (Å²) in [4.78, 5) is 4.17. The third kappa shape index (κ3) is 6.25. The molecule has 0 aliphatic rings. The molecule has 4 nitrogen and oxygen atoms in total. The van der Waals surface area contributed by atoms with Crippen LogP contribution in [0.4, 0.5) is 0 Å². The lowest BCUT2D eigenvalue weighted by molar-refractivity contribution is 0.940. The number of halogens is 1. The van der Waals surface area contributed by atoms with Crippen LogP contribution in [0.25, 0.3) is 0 Å². The van der Waals surface area contributed by atoms with Gasteiger partial charge in [-0.05, 0) is 24.6 Å². The molecule has 0 bridgehead atoms. The molecular formula is C13H17IN4. The topological polar surface area (TPSA) is 74.2 Å². The highest BCUT2D eigenvalue weighted by molar-refractivity contribution is 14.0. The lowest BCUT2D eigenvalue weighted by atomic mass is 10.1. The molecule has 0 fully saturated rings. The Morgan fingerprint density at radius 3 is 2.89 bits per heavy atom. The second-order valence-electron chi connectivity index (χ2n) is 3.82. The van der Waals surface area contributed by atoms with Crippen LogP contribution in [0.3, 0.4) is 0 Å². The number of aliphatic imine (C=N–C) groups is 1. The Labute approximate surface area is 125 Å². The van der Waals surface area contributed by atoms with E-state index in [1.54, 1.807) is 12.1 Å². The van der Waals surface area contributed by atoms with Crippen LogP contribution in [0.15, 0.2) is 41.4 Å². The number of nitrogens with one attached hydrogen (secondary N) is 1. The first kappa shape index (κ1) is 16.4. The Bertz CT molecular complexity index is 474. The van der Waals surface area contributed by atoms with E-state index in [-0.39, 0.29) is 24.0 Å². The number of nitrogens with zero attached hydrogens (tertiary/aromatic N) is 2. The molecule has 0 unspecified atom stereocenters. The van der Waals surface area contributed by atoms with Crippen LogP contribution in [0.5, 0.6) is 0 Å². The Kier molecular flexibility index (Phi) is 7.79. The van der Waals surface area contributed by atoms with Gasteiger partial charge < -0.3 is 11.1 Å². The van der Waals surface area contributed by atoms with Crippen molar-refractivity contribution in [1.82, 2.24) is 5.32 Å². The van der Waals surface area contributed by atoms with Crippen molar-refractivity contribution in [1.29, 1.82) is 5.26 Å². The van der Waals surface area contributed by atoms with Crippen molar-refractivity contribution in [3.8, 4) is 6.07 Å². The third-order valence-corrected chi connectivity index (χ3v) is 2.06. The minimum atomic E-state index is 0. The molecule has 0 spiro atoms. The van der Waals surface area contributed by atoms with Crippen LogP contribution in [0, 0.1) is 11.3 Å².